The molecule has 1 heterocycles. The molecule has 0 spiro atoms. The standard InChI is InChI=1S/C15H19N3/c1-9-6-7-13(8-10(9)2)14-15(16-5)18-12(4)11(3)17-14/h6-8H,1-5H3,(H,16,18). The minimum absolute atomic E-state index is 0.835. The first-order chi connectivity index (χ1) is 8.52. The van der Waals surface area contributed by atoms with E-state index >= 15 is 0 Å². The highest BCUT2D eigenvalue weighted by Gasteiger charge is 2.10. The lowest BCUT2D eigenvalue weighted by Crippen LogP contribution is -2.03. The Kier molecular flexibility index (Phi) is 3.32. The van der Waals surface area contributed by atoms with Gasteiger partial charge in [-0.1, -0.05) is 12.1 Å². The van der Waals surface area contributed by atoms with Gasteiger partial charge >= 0.3 is 0 Å². The highest BCUT2D eigenvalue weighted by molar-refractivity contribution is 5.72. The number of nitrogens with one attached hydrogen (secondary N) is 1. The van der Waals surface area contributed by atoms with Crippen molar-refractivity contribution in [3.8, 4) is 11.3 Å². The number of hydrogen-bond acceptors (Lipinski definition) is 3. The maximum Gasteiger partial charge on any atom is 0.152 e. The Bertz CT molecular complexity index is 589. The summed E-state index contributed by atoms with van der Waals surface area (Å²) in [4.78, 5) is 9.21. The number of rotatable bonds is 2. The van der Waals surface area contributed by atoms with Crippen molar-refractivity contribution in [2.75, 3.05) is 12.4 Å². The minimum atomic E-state index is 0.835. The van der Waals surface area contributed by atoms with Gasteiger partial charge in [0, 0.05) is 12.6 Å². The molecule has 1 N–H and O–H groups in total. The van der Waals surface area contributed by atoms with E-state index in [2.05, 4.69) is 47.3 Å². The van der Waals surface area contributed by atoms with E-state index in [-0.39, 0.29) is 0 Å². The van der Waals surface area contributed by atoms with Crippen LogP contribution in [0.25, 0.3) is 11.3 Å². The summed E-state index contributed by atoms with van der Waals surface area (Å²) in [6, 6.07) is 6.39. The van der Waals surface area contributed by atoms with E-state index in [4.69, 9.17) is 0 Å². The summed E-state index contributed by atoms with van der Waals surface area (Å²) in [7, 11) is 1.88. The maximum absolute atomic E-state index is 4.66. The van der Waals surface area contributed by atoms with Gasteiger partial charge in [-0.2, -0.15) is 0 Å². The number of aryl methyl sites for hydroxylation is 4. The normalized spacial score (nSPS) is 10.5. The van der Waals surface area contributed by atoms with Crippen LogP contribution in [0.5, 0.6) is 0 Å². The van der Waals surface area contributed by atoms with Gasteiger partial charge < -0.3 is 5.32 Å². The highest BCUT2D eigenvalue weighted by Crippen LogP contribution is 2.26. The third kappa shape index (κ3) is 2.21. The average Bonchev–Trinajstić information content (AvgIpc) is 2.35. The van der Waals surface area contributed by atoms with Gasteiger partial charge in [0.1, 0.15) is 5.69 Å². The molecule has 0 amide bonds. The molecule has 0 aliphatic heterocycles. The molecule has 0 unspecified atom stereocenters. The van der Waals surface area contributed by atoms with Crippen molar-refractivity contribution in [3.05, 3.63) is 40.7 Å². The molecule has 1 aromatic carbocycles. The van der Waals surface area contributed by atoms with Crippen molar-refractivity contribution < 1.29 is 0 Å². The van der Waals surface area contributed by atoms with Gasteiger partial charge in [0.05, 0.1) is 11.4 Å². The summed E-state index contributed by atoms with van der Waals surface area (Å²) in [5, 5.41) is 3.12. The molecule has 0 fully saturated rings. The molecule has 18 heavy (non-hydrogen) atoms. The lowest BCUT2D eigenvalue weighted by atomic mass is 10.0. The second-order valence-electron chi connectivity index (χ2n) is 4.64. The second kappa shape index (κ2) is 4.77. The zero-order chi connectivity index (χ0) is 13.3. The van der Waals surface area contributed by atoms with Crippen LogP contribution in [0.2, 0.25) is 0 Å². The zero-order valence-corrected chi connectivity index (χ0v) is 11.6. The molecular formula is C15H19N3. The van der Waals surface area contributed by atoms with Crippen molar-refractivity contribution in [2.24, 2.45) is 0 Å². The van der Waals surface area contributed by atoms with E-state index in [1.165, 1.54) is 11.1 Å². The van der Waals surface area contributed by atoms with Crippen LogP contribution in [0.1, 0.15) is 22.5 Å². The van der Waals surface area contributed by atoms with Gasteiger partial charge in [-0.15, -0.1) is 0 Å². The number of nitrogens with zero attached hydrogens (tertiary/aromatic N) is 2. The van der Waals surface area contributed by atoms with Gasteiger partial charge in [-0.3, -0.25) is 0 Å². The summed E-state index contributed by atoms with van der Waals surface area (Å²) in [5.41, 5.74) is 6.53. The van der Waals surface area contributed by atoms with Gasteiger partial charge in [0.25, 0.3) is 0 Å². The molecule has 1 aromatic heterocycles. The average molecular weight is 241 g/mol. The van der Waals surface area contributed by atoms with Crippen molar-refractivity contribution in [1.29, 1.82) is 0 Å². The number of aromatic nitrogens is 2. The van der Waals surface area contributed by atoms with E-state index < -0.39 is 0 Å². The molecule has 3 nitrogen and oxygen atoms in total. The summed E-state index contributed by atoms with van der Waals surface area (Å²) in [6.45, 7) is 8.20. The van der Waals surface area contributed by atoms with Gasteiger partial charge in [-0.05, 0) is 44.9 Å². The van der Waals surface area contributed by atoms with Crippen molar-refractivity contribution in [3.63, 3.8) is 0 Å². The van der Waals surface area contributed by atoms with Crippen molar-refractivity contribution in [2.45, 2.75) is 27.7 Å². The van der Waals surface area contributed by atoms with Crippen LogP contribution in [0.15, 0.2) is 18.2 Å². The smallest absolute Gasteiger partial charge is 0.152 e. The first-order valence-corrected chi connectivity index (χ1v) is 6.13. The third-order valence-electron chi connectivity index (χ3n) is 3.32. The minimum Gasteiger partial charge on any atom is -0.371 e. The molecule has 2 rings (SSSR count). The molecule has 0 aliphatic carbocycles. The van der Waals surface area contributed by atoms with Crippen LogP contribution in [0.4, 0.5) is 5.82 Å². The first kappa shape index (κ1) is 12.6. The molecule has 0 atom stereocenters. The molecule has 2 aromatic rings. The molecule has 94 valence electrons. The fourth-order valence-corrected chi connectivity index (χ4v) is 1.87. The monoisotopic (exact) mass is 241 g/mol. The zero-order valence-electron chi connectivity index (χ0n) is 11.6. The van der Waals surface area contributed by atoms with E-state index in [1.807, 2.05) is 20.9 Å². The summed E-state index contributed by atoms with van der Waals surface area (Å²) in [6.07, 6.45) is 0. The molecular weight excluding hydrogens is 222 g/mol. The Morgan fingerprint density at radius 3 is 2.17 bits per heavy atom. The SMILES string of the molecule is CNc1nc(C)c(C)nc1-c1ccc(C)c(C)c1. The van der Waals surface area contributed by atoms with Crippen LogP contribution >= 0.6 is 0 Å². The summed E-state index contributed by atoms with van der Waals surface area (Å²) < 4.78 is 0. The Hall–Kier alpha value is -1.90. The molecule has 0 bridgehead atoms. The fourth-order valence-electron chi connectivity index (χ4n) is 1.87. The second-order valence-corrected chi connectivity index (χ2v) is 4.64. The fraction of sp³-hybridized carbons (Fsp3) is 0.333. The first-order valence-electron chi connectivity index (χ1n) is 6.13. The van der Waals surface area contributed by atoms with E-state index in [9.17, 15) is 0 Å². The topological polar surface area (TPSA) is 37.8 Å². The van der Waals surface area contributed by atoms with Gasteiger partial charge in [-0.25, -0.2) is 9.97 Å². The largest absolute Gasteiger partial charge is 0.371 e. The van der Waals surface area contributed by atoms with Crippen molar-refractivity contribution >= 4 is 5.82 Å². The van der Waals surface area contributed by atoms with E-state index in [0.717, 1.165) is 28.5 Å². The van der Waals surface area contributed by atoms with Gasteiger partial charge in [0.2, 0.25) is 0 Å². The molecule has 0 aliphatic rings. The molecule has 0 saturated carbocycles. The number of benzene rings is 1. The third-order valence-corrected chi connectivity index (χ3v) is 3.32. The van der Waals surface area contributed by atoms with E-state index in [0.29, 0.717) is 0 Å². The Labute approximate surface area is 108 Å². The lowest BCUT2D eigenvalue weighted by Gasteiger charge is -2.11. The predicted molar refractivity (Wildman–Crippen MR) is 76.0 cm³/mol. The van der Waals surface area contributed by atoms with Crippen LogP contribution in [0.3, 0.4) is 0 Å². The number of anilines is 1. The molecule has 3 heteroatoms. The van der Waals surface area contributed by atoms with Crippen LogP contribution in [0, 0.1) is 27.7 Å². The summed E-state index contributed by atoms with van der Waals surface area (Å²) in [5.74, 6) is 0.835. The molecule has 0 saturated heterocycles. The van der Waals surface area contributed by atoms with Gasteiger partial charge in [0.15, 0.2) is 5.82 Å². The highest BCUT2D eigenvalue weighted by atomic mass is 15.0. The lowest BCUT2D eigenvalue weighted by molar-refractivity contribution is 1.05. The number of hydrogen-bond donors (Lipinski definition) is 1. The Morgan fingerprint density at radius 2 is 1.56 bits per heavy atom. The quantitative estimate of drug-likeness (QED) is 0.875. The van der Waals surface area contributed by atoms with Crippen LogP contribution in [-0.2, 0) is 0 Å². The van der Waals surface area contributed by atoms with Crippen molar-refractivity contribution in [1.82, 2.24) is 9.97 Å². The maximum atomic E-state index is 4.66. The Balaban J connectivity index is 2.62. The van der Waals surface area contributed by atoms with E-state index in [1.54, 1.807) is 0 Å². The molecule has 0 radical (unpaired) electrons. The Morgan fingerprint density at radius 1 is 0.889 bits per heavy atom. The predicted octanol–water partition coefficient (Wildman–Crippen LogP) is 3.42. The van der Waals surface area contributed by atoms with Crippen LogP contribution < -0.4 is 5.32 Å². The summed E-state index contributed by atoms with van der Waals surface area (Å²) >= 11 is 0. The van der Waals surface area contributed by atoms with Crippen LogP contribution in [-0.4, -0.2) is 17.0 Å².